The summed E-state index contributed by atoms with van der Waals surface area (Å²) in [4.78, 5) is 5.06. The van der Waals surface area contributed by atoms with Crippen molar-refractivity contribution in [3.05, 3.63) is 0 Å². The molecule has 2 rings (SSSR count). The Balaban J connectivity index is 1.46. The number of nitrogens with one attached hydrogen (secondary N) is 1. The largest absolute Gasteiger partial charge is 0.314 e. The summed E-state index contributed by atoms with van der Waals surface area (Å²) in [6.07, 6.45) is 9.70. The van der Waals surface area contributed by atoms with E-state index in [9.17, 15) is 0 Å². The normalized spacial score (nSPS) is 25.8. The Morgan fingerprint density at radius 3 is 2.72 bits per heavy atom. The van der Waals surface area contributed by atoms with Crippen LogP contribution in [0.3, 0.4) is 0 Å². The van der Waals surface area contributed by atoms with Crippen molar-refractivity contribution >= 4 is 0 Å². The van der Waals surface area contributed by atoms with Crippen LogP contribution in [0.25, 0.3) is 0 Å². The van der Waals surface area contributed by atoms with Gasteiger partial charge in [-0.1, -0.05) is 6.42 Å². The topological polar surface area (TPSA) is 18.5 Å². The van der Waals surface area contributed by atoms with Gasteiger partial charge in [-0.25, -0.2) is 0 Å². The van der Waals surface area contributed by atoms with Gasteiger partial charge in [0.25, 0.3) is 0 Å². The maximum absolute atomic E-state index is 3.59. The van der Waals surface area contributed by atoms with Crippen LogP contribution in [0.4, 0.5) is 0 Å². The zero-order valence-corrected chi connectivity index (χ0v) is 12.3. The summed E-state index contributed by atoms with van der Waals surface area (Å²) in [6, 6.07) is 1.68. The second kappa shape index (κ2) is 7.46. The Labute approximate surface area is 113 Å². The van der Waals surface area contributed by atoms with E-state index in [2.05, 4.69) is 29.2 Å². The number of hydrogen-bond acceptors (Lipinski definition) is 3. The van der Waals surface area contributed by atoms with E-state index in [-0.39, 0.29) is 0 Å². The molecule has 1 aliphatic heterocycles. The fourth-order valence-corrected chi connectivity index (χ4v) is 2.94. The molecule has 1 unspecified atom stereocenters. The predicted molar refractivity (Wildman–Crippen MR) is 78.0 cm³/mol. The van der Waals surface area contributed by atoms with Crippen LogP contribution in [-0.2, 0) is 0 Å². The lowest BCUT2D eigenvalue weighted by Crippen LogP contribution is -2.45. The molecule has 1 saturated heterocycles. The average Bonchev–Trinajstić information content (AvgIpc) is 3.17. The molecule has 0 spiro atoms. The first kappa shape index (κ1) is 14.3. The number of likely N-dealkylation sites (tertiary alicyclic amines) is 1. The van der Waals surface area contributed by atoms with Crippen LogP contribution in [0.2, 0.25) is 0 Å². The van der Waals surface area contributed by atoms with Gasteiger partial charge in [0.1, 0.15) is 0 Å². The highest BCUT2D eigenvalue weighted by atomic mass is 15.2. The second-order valence-corrected chi connectivity index (χ2v) is 6.33. The molecule has 0 aromatic rings. The van der Waals surface area contributed by atoms with Gasteiger partial charge in [0, 0.05) is 18.6 Å². The molecule has 3 nitrogen and oxygen atoms in total. The van der Waals surface area contributed by atoms with E-state index in [4.69, 9.17) is 0 Å². The van der Waals surface area contributed by atoms with Crippen molar-refractivity contribution in [2.75, 3.05) is 40.3 Å². The van der Waals surface area contributed by atoms with Crippen molar-refractivity contribution in [1.29, 1.82) is 0 Å². The van der Waals surface area contributed by atoms with Gasteiger partial charge in [-0.05, 0) is 72.3 Å². The van der Waals surface area contributed by atoms with Crippen LogP contribution in [-0.4, -0.2) is 62.2 Å². The zero-order valence-electron chi connectivity index (χ0n) is 12.3. The van der Waals surface area contributed by atoms with E-state index in [1.807, 2.05) is 0 Å². The third kappa shape index (κ3) is 5.25. The number of likely N-dealkylation sites (N-methyl/N-ethyl adjacent to an activating group) is 2. The van der Waals surface area contributed by atoms with Crippen LogP contribution >= 0.6 is 0 Å². The van der Waals surface area contributed by atoms with Crippen molar-refractivity contribution in [3.8, 4) is 0 Å². The predicted octanol–water partition coefficient (Wildman–Crippen LogP) is 1.93. The molecule has 18 heavy (non-hydrogen) atoms. The maximum atomic E-state index is 3.59. The second-order valence-electron chi connectivity index (χ2n) is 6.33. The standard InChI is InChI=1S/C15H31N3/c1-17-11-6-7-15(13-17)18(2)12-5-3-4-10-16-14-8-9-14/h14-16H,3-13H2,1-2H3. The molecule has 2 fully saturated rings. The monoisotopic (exact) mass is 253 g/mol. The van der Waals surface area contributed by atoms with Crippen LogP contribution in [0.1, 0.15) is 44.9 Å². The highest BCUT2D eigenvalue weighted by Gasteiger charge is 2.21. The maximum Gasteiger partial charge on any atom is 0.0220 e. The average molecular weight is 253 g/mol. The molecule has 1 aliphatic carbocycles. The molecule has 2 aliphatic rings. The minimum atomic E-state index is 0.799. The molecule has 0 aromatic carbocycles. The molecule has 0 bridgehead atoms. The van der Waals surface area contributed by atoms with Gasteiger partial charge < -0.3 is 15.1 Å². The van der Waals surface area contributed by atoms with Crippen LogP contribution < -0.4 is 5.32 Å². The fraction of sp³-hybridized carbons (Fsp3) is 1.00. The van der Waals surface area contributed by atoms with Crippen molar-refractivity contribution in [3.63, 3.8) is 0 Å². The quantitative estimate of drug-likeness (QED) is 0.667. The summed E-state index contributed by atoms with van der Waals surface area (Å²) < 4.78 is 0. The minimum absolute atomic E-state index is 0.799. The summed E-state index contributed by atoms with van der Waals surface area (Å²) in [6.45, 7) is 5.07. The van der Waals surface area contributed by atoms with E-state index < -0.39 is 0 Å². The number of nitrogens with zero attached hydrogens (tertiary/aromatic N) is 2. The summed E-state index contributed by atoms with van der Waals surface area (Å²) in [5, 5.41) is 3.59. The molecular formula is C15H31N3. The van der Waals surface area contributed by atoms with Crippen molar-refractivity contribution in [2.45, 2.75) is 57.0 Å². The summed E-state index contributed by atoms with van der Waals surface area (Å²) in [5.41, 5.74) is 0. The van der Waals surface area contributed by atoms with Gasteiger partial charge in [0.05, 0.1) is 0 Å². The summed E-state index contributed by atoms with van der Waals surface area (Å²) in [7, 11) is 4.57. The number of hydrogen-bond donors (Lipinski definition) is 1. The lowest BCUT2D eigenvalue weighted by atomic mass is 10.0. The SMILES string of the molecule is CN1CCCC(N(C)CCCCCNC2CC2)C1. The van der Waals surface area contributed by atoms with E-state index >= 15 is 0 Å². The molecule has 0 aromatic heterocycles. The van der Waals surface area contributed by atoms with Crippen LogP contribution in [0.5, 0.6) is 0 Å². The van der Waals surface area contributed by atoms with Gasteiger partial charge in [-0.2, -0.15) is 0 Å². The molecular weight excluding hydrogens is 222 g/mol. The minimum Gasteiger partial charge on any atom is -0.314 e. The fourth-order valence-electron chi connectivity index (χ4n) is 2.94. The van der Waals surface area contributed by atoms with Crippen molar-refractivity contribution in [1.82, 2.24) is 15.1 Å². The summed E-state index contributed by atoms with van der Waals surface area (Å²) in [5.74, 6) is 0. The lowest BCUT2D eigenvalue weighted by molar-refractivity contribution is 0.133. The Kier molecular flexibility index (Phi) is 5.93. The lowest BCUT2D eigenvalue weighted by Gasteiger charge is -2.35. The first-order valence-corrected chi connectivity index (χ1v) is 7.88. The van der Waals surface area contributed by atoms with Crippen molar-refractivity contribution < 1.29 is 0 Å². The van der Waals surface area contributed by atoms with E-state index in [1.54, 1.807) is 0 Å². The number of rotatable bonds is 8. The highest BCUT2D eigenvalue weighted by Crippen LogP contribution is 2.18. The van der Waals surface area contributed by atoms with Crippen LogP contribution in [0, 0.1) is 0 Å². The molecule has 1 saturated carbocycles. The Bertz CT molecular complexity index is 228. The molecule has 106 valence electrons. The molecule has 3 heteroatoms. The first-order valence-electron chi connectivity index (χ1n) is 7.88. The molecule has 1 heterocycles. The van der Waals surface area contributed by atoms with Crippen molar-refractivity contribution in [2.24, 2.45) is 0 Å². The smallest absolute Gasteiger partial charge is 0.0220 e. The van der Waals surface area contributed by atoms with Gasteiger partial charge in [0.15, 0.2) is 0 Å². The van der Waals surface area contributed by atoms with Crippen LogP contribution in [0.15, 0.2) is 0 Å². The summed E-state index contributed by atoms with van der Waals surface area (Å²) >= 11 is 0. The third-order valence-corrected chi connectivity index (χ3v) is 4.42. The van der Waals surface area contributed by atoms with Gasteiger partial charge in [0.2, 0.25) is 0 Å². The van der Waals surface area contributed by atoms with E-state index in [0.717, 1.165) is 12.1 Å². The Hall–Kier alpha value is -0.120. The van der Waals surface area contributed by atoms with Gasteiger partial charge in [-0.15, -0.1) is 0 Å². The Morgan fingerprint density at radius 1 is 1.17 bits per heavy atom. The van der Waals surface area contributed by atoms with E-state index in [1.165, 1.54) is 71.1 Å². The number of piperidine rings is 1. The first-order chi connectivity index (χ1) is 8.75. The Morgan fingerprint density at radius 2 is 2.00 bits per heavy atom. The van der Waals surface area contributed by atoms with Gasteiger partial charge >= 0.3 is 0 Å². The highest BCUT2D eigenvalue weighted by molar-refractivity contribution is 4.80. The number of unbranched alkanes of at least 4 members (excludes halogenated alkanes) is 2. The van der Waals surface area contributed by atoms with E-state index in [0.29, 0.717) is 0 Å². The molecule has 0 amide bonds. The molecule has 1 atom stereocenters. The van der Waals surface area contributed by atoms with Gasteiger partial charge in [-0.3, -0.25) is 0 Å². The third-order valence-electron chi connectivity index (χ3n) is 4.42. The zero-order chi connectivity index (χ0) is 12.8. The molecule has 1 N–H and O–H groups in total. The molecule has 0 radical (unpaired) electrons.